The Morgan fingerprint density at radius 1 is 1.29 bits per heavy atom. The van der Waals surface area contributed by atoms with E-state index in [1.54, 1.807) is 19.2 Å². The number of methoxy groups -OCH3 is 1. The van der Waals surface area contributed by atoms with Gasteiger partial charge in [-0.2, -0.15) is 0 Å². The smallest absolute Gasteiger partial charge is 0.135 e. The Kier molecular flexibility index (Phi) is 5.11. The number of ether oxygens (including phenoxy) is 1. The molecule has 0 unspecified atom stereocenters. The summed E-state index contributed by atoms with van der Waals surface area (Å²) in [4.78, 5) is 0.0630. The number of halogens is 1. The van der Waals surface area contributed by atoms with Crippen LogP contribution < -0.4 is 15.8 Å². The summed E-state index contributed by atoms with van der Waals surface area (Å²) in [6, 6.07) is 12.6. The van der Waals surface area contributed by atoms with Gasteiger partial charge >= 0.3 is 0 Å². The van der Waals surface area contributed by atoms with Gasteiger partial charge in [-0.15, -0.1) is 0 Å². The van der Waals surface area contributed by atoms with Crippen LogP contribution in [0.15, 0.2) is 42.5 Å². The lowest BCUT2D eigenvalue weighted by Crippen LogP contribution is -2.12. The molecule has 5 heteroatoms. The summed E-state index contributed by atoms with van der Waals surface area (Å²) in [7, 11) is 1.65. The van der Waals surface area contributed by atoms with Crippen molar-refractivity contribution in [1.29, 1.82) is 0 Å². The first-order valence-corrected chi connectivity index (χ1v) is 6.97. The average Bonchev–Trinajstić information content (AvgIpc) is 2.47. The summed E-state index contributed by atoms with van der Waals surface area (Å²) in [6.07, 6.45) is 0.780. The lowest BCUT2D eigenvalue weighted by Gasteiger charge is -2.10. The van der Waals surface area contributed by atoms with Crippen LogP contribution in [0.4, 0.5) is 10.1 Å². The number of rotatable bonds is 6. The van der Waals surface area contributed by atoms with Gasteiger partial charge in [-0.25, -0.2) is 4.39 Å². The van der Waals surface area contributed by atoms with E-state index in [-0.39, 0.29) is 10.6 Å². The van der Waals surface area contributed by atoms with Crippen molar-refractivity contribution in [3.63, 3.8) is 0 Å². The molecule has 0 aromatic heterocycles. The quantitative estimate of drug-likeness (QED) is 0.805. The van der Waals surface area contributed by atoms with Gasteiger partial charge in [0.25, 0.3) is 0 Å². The predicted octanol–water partition coefficient (Wildman–Crippen LogP) is 3.12. The van der Waals surface area contributed by atoms with Crippen LogP contribution >= 0.6 is 12.2 Å². The summed E-state index contributed by atoms with van der Waals surface area (Å²) in [5.74, 6) is 0.444. The maximum Gasteiger partial charge on any atom is 0.135 e. The van der Waals surface area contributed by atoms with E-state index in [0.717, 1.165) is 17.7 Å². The highest BCUT2D eigenvalue weighted by Crippen LogP contribution is 2.19. The molecule has 110 valence electrons. The number of anilines is 1. The zero-order valence-electron chi connectivity index (χ0n) is 11.7. The molecule has 0 radical (unpaired) electrons. The van der Waals surface area contributed by atoms with Gasteiger partial charge < -0.3 is 15.8 Å². The summed E-state index contributed by atoms with van der Waals surface area (Å²) in [5, 5.41) is 3.17. The molecule has 0 aliphatic carbocycles. The van der Waals surface area contributed by atoms with Gasteiger partial charge in [-0.05, 0) is 36.2 Å². The lowest BCUT2D eigenvalue weighted by molar-refractivity contribution is 0.410. The van der Waals surface area contributed by atoms with Gasteiger partial charge in [-0.1, -0.05) is 30.4 Å². The highest BCUT2D eigenvalue weighted by atomic mass is 32.1. The molecule has 0 aliphatic heterocycles. The minimum atomic E-state index is -0.412. The molecule has 2 aromatic carbocycles. The van der Waals surface area contributed by atoms with Gasteiger partial charge in [0, 0.05) is 17.8 Å². The zero-order valence-corrected chi connectivity index (χ0v) is 12.5. The molecule has 2 aromatic rings. The Labute approximate surface area is 128 Å². The van der Waals surface area contributed by atoms with E-state index in [1.807, 2.05) is 24.3 Å². The number of nitrogens with one attached hydrogen (secondary N) is 1. The molecule has 0 aliphatic rings. The van der Waals surface area contributed by atoms with Gasteiger partial charge in [-0.3, -0.25) is 0 Å². The Bertz CT molecular complexity index is 646. The van der Waals surface area contributed by atoms with Crippen molar-refractivity contribution in [2.75, 3.05) is 19.0 Å². The van der Waals surface area contributed by atoms with E-state index in [4.69, 9.17) is 22.7 Å². The molecule has 21 heavy (non-hydrogen) atoms. The summed E-state index contributed by atoms with van der Waals surface area (Å²) >= 11 is 4.78. The second kappa shape index (κ2) is 7.04. The fourth-order valence-electron chi connectivity index (χ4n) is 2.08. The third kappa shape index (κ3) is 3.92. The Balaban J connectivity index is 1.97. The molecule has 0 saturated heterocycles. The minimum absolute atomic E-state index is 0.0630. The monoisotopic (exact) mass is 304 g/mol. The minimum Gasteiger partial charge on any atom is -0.496 e. The van der Waals surface area contributed by atoms with Crippen LogP contribution in [-0.2, 0) is 6.42 Å². The van der Waals surface area contributed by atoms with E-state index >= 15 is 0 Å². The van der Waals surface area contributed by atoms with Crippen LogP contribution in [0, 0.1) is 5.82 Å². The van der Waals surface area contributed by atoms with Gasteiger partial charge in [0.1, 0.15) is 16.6 Å². The van der Waals surface area contributed by atoms with Crippen LogP contribution in [0.25, 0.3) is 0 Å². The highest BCUT2D eigenvalue weighted by molar-refractivity contribution is 7.80. The molecular formula is C16H17FN2OS. The fourth-order valence-corrected chi connectivity index (χ4v) is 2.24. The number of nitrogens with two attached hydrogens (primary N) is 1. The molecule has 0 bridgehead atoms. The van der Waals surface area contributed by atoms with Gasteiger partial charge in [0.2, 0.25) is 0 Å². The molecule has 2 rings (SSSR count). The van der Waals surface area contributed by atoms with E-state index < -0.39 is 5.82 Å². The molecule has 0 spiro atoms. The fraction of sp³-hybridized carbons (Fsp3) is 0.188. The SMILES string of the molecule is COc1ccccc1CCNc1ccc(C(N)=S)c(F)c1. The van der Waals surface area contributed by atoms with Crippen molar-refractivity contribution >= 4 is 22.9 Å². The van der Waals surface area contributed by atoms with Crippen molar-refractivity contribution < 1.29 is 9.13 Å². The standard InChI is InChI=1S/C16H17FN2OS/c1-20-15-5-3-2-4-11(15)8-9-19-12-6-7-13(16(18)21)14(17)10-12/h2-7,10,19H,8-9H2,1H3,(H2,18,21). The molecule has 0 fully saturated rings. The third-order valence-electron chi connectivity index (χ3n) is 3.15. The maximum absolute atomic E-state index is 13.7. The lowest BCUT2D eigenvalue weighted by atomic mass is 10.1. The first-order chi connectivity index (χ1) is 10.1. The molecule has 0 amide bonds. The van der Waals surface area contributed by atoms with E-state index in [1.165, 1.54) is 6.07 Å². The molecule has 0 atom stereocenters. The second-order valence-corrected chi connectivity index (χ2v) is 4.99. The number of hydrogen-bond donors (Lipinski definition) is 2. The predicted molar refractivity (Wildman–Crippen MR) is 87.5 cm³/mol. The van der Waals surface area contributed by atoms with Crippen LogP contribution in [0.3, 0.4) is 0 Å². The number of benzene rings is 2. The summed E-state index contributed by atoms with van der Waals surface area (Å²) in [5.41, 5.74) is 7.50. The third-order valence-corrected chi connectivity index (χ3v) is 3.37. The Hall–Kier alpha value is -2.14. The van der Waals surface area contributed by atoms with Crippen LogP contribution in [0.1, 0.15) is 11.1 Å². The zero-order chi connectivity index (χ0) is 15.2. The average molecular weight is 304 g/mol. The Morgan fingerprint density at radius 3 is 2.71 bits per heavy atom. The van der Waals surface area contributed by atoms with Crippen molar-refractivity contribution in [2.45, 2.75) is 6.42 Å². The topological polar surface area (TPSA) is 47.3 Å². The first-order valence-electron chi connectivity index (χ1n) is 6.57. The number of thiocarbonyl (C=S) groups is 1. The van der Waals surface area contributed by atoms with E-state index in [0.29, 0.717) is 12.2 Å². The number of hydrogen-bond acceptors (Lipinski definition) is 3. The van der Waals surface area contributed by atoms with Gasteiger partial charge in [0.15, 0.2) is 0 Å². The molecule has 3 nitrogen and oxygen atoms in total. The second-order valence-electron chi connectivity index (χ2n) is 4.55. The Morgan fingerprint density at radius 2 is 2.05 bits per heavy atom. The van der Waals surface area contributed by atoms with Crippen molar-refractivity contribution in [1.82, 2.24) is 0 Å². The maximum atomic E-state index is 13.7. The van der Waals surface area contributed by atoms with Crippen LogP contribution in [-0.4, -0.2) is 18.6 Å². The molecule has 0 saturated carbocycles. The molecule has 0 heterocycles. The number of para-hydroxylation sites is 1. The van der Waals surface area contributed by atoms with Crippen LogP contribution in [0.5, 0.6) is 5.75 Å². The van der Waals surface area contributed by atoms with E-state index in [2.05, 4.69) is 5.32 Å². The first kappa shape index (κ1) is 15.3. The largest absolute Gasteiger partial charge is 0.496 e. The van der Waals surface area contributed by atoms with Crippen molar-refractivity contribution in [3.8, 4) is 5.75 Å². The molecule has 3 N–H and O–H groups in total. The molecular weight excluding hydrogens is 287 g/mol. The van der Waals surface area contributed by atoms with Crippen LogP contribution in [0.2, 0.25) is 0 Å². The van der Waals surface area contributed by atoms with E-state index in [9.17, 15) is 4.39 Å². The summed E-state index contributed by atoms with van der Waals surface area (Å²) < 4.78 is 19.0. The highest BCUT2D eigenvalue weighted by Gasteiger charge is 2.06. The van der Waals surface area contributed by atoms with Crippen molar-refractivity contribution in [2.24, 2.45) is 5.73 Å². The summed E-state index contributed by atoms with van der Waals surface area (Å²) in [6.45, 7) is 0.673. The van der Waals surface area contributed by atoms with Gasteiger partial charge in [0.05, 0.1) is 7.11 Å². The normalized spacial score (nSPS) is 10.2. The van der Waals surface area contributed by atoms with Crippen molar-refractivity contribution in [3.05, 3.63) is 59.4 Å².